The Labute approximate surface area is 153 Å². The zero-order chi connectivity index (χ0) is 18.4. The minimum absolute atomic E-state index is 0.117. The molecule has 0 bridgehead atoms. The molecule has 2 rings (SSSR count). The summed E-state index contributed by atoms with van der Waals surface area (Å²) in [4.78, 5) is 42.0. The summed E-state index contributed by atoms with van der Waals surface area (Å²) in [6, 6.07) is 8.10. The van der Waals surface area contributed by atoms with Gasteiger partial charge in [-0.15, -0.1) is 0 Å². The summed E-state index contributed by atoms with van der Waals surface area (Å²) in [5.41, 5.74) is 0.370. The average Bonchev–Trinajstić information content (AvgIpc) is 2.56. The van der Waals surface area contributed by atoms with E-state index in [4.69, 9.17) is 11.6 Å². The Balaban J connectivity index is 2.08. The number of carbonyl (C=O) groups is 2. The van der Waals surface area contributed by atoms with Gasteiger partial charge in [-0.1, -0.05) is 35.5 Å². The SMILES string of the molecule is COC(=O)Cc1cc(=O)[nH]c(S[C@@H](C)C(=O)Nc2ccccc2Cl)n1. The molecule has 0 aliphatic heterocycles. The first-order valence-electron chi connectivity index (χ1n) is 7.28. The lowest BCUT2D eigenvalue weighted by Crippen LogP contribution is -2.23. The molecular weight excluding hydrogens is 366 g/mol. The number of hydrogen-bond donors (Lipinski definition) is 2. The quantitative estimate of drug-likeness (QED) is 0.452. The van der Waals surface area contributed by atoms with E-state index in [2.05, 4.69) is 20.0 Å². The number of halogens is 1. The number of H-pyrrole nitrogens is 1. The van der Waals surface area contributed by atoms with Crippen LogP contribution in [0, 0.1) is 0 Å². The summed E-state index contributed by atoms with van der Waals surface area (Å²) in [7, 11) is 1.26. The number of ether oxygens (including phenoxy) is 1. The predicted molar refractivity (Wildman–Crippen MR) is 96.0 cm³/mol. The van der Waals surface area contributed by atoms with Crippen LogP contribution in [0.3, 0.4) is 0 Å². The summed E-state index contributed by atoms with van der Waals surface area (Å²) >= 11 is 7.08. The van der Waals surface area contributed by atoms with E-state index in [-0.39, 0.29) is 23.2 Å². The third-order valence-corrected chi connectivity index (χ3v) is 4.43. The molecule has 0 spiro atoms. The molecule has 7 nitrogen and oxygen atoms in total. The highest BCUT2D eigenvalue weighted by molar-refractivity contribution is 8.00. The molecule has 0 radical (unpaired) electrons. The molecule has 1 aromatic carbocycles. The first-order chi connectivity index (χ1) is 11.9. The second-order valence-electron chi connectivity index (χ2n) is 5.02. The fourth-order valence-corrected chi connectivity index (χ4v) is 2.88. The highest BCUT2D eigenvalue weighted by atomic mass is 35.5. The molecule has 2 aromatic rings. The van der Waals surface area contributed by atoms with E-state index in [0.717, 1.165) is 11.8 Å². The molecule has 0 aliphatic carbocycles. The van der Waals surface area contributed by atoms with E-state index in [1.165, 1.54) is 13.2 Å². The van der Waals surface area contributed by atoms with Crippen molar-refractivity contribution in [3.05, 3.63) is 51.4 Å². The van der Waals surface area contributed by atoms with Gasteiger partial charge >= 0.3 is 5.97 Å². The maximum atomic E-state index is 12.3. The number of aromatic nitrogens is 2. The molecule has 1 aromatic heterocycles. The summed E-state index contributed by atoms with van der Waals surface area (Å²) in [6.07, 6.45) is -0.117. The molecule has 2 N–H and O–H groups in total. The number of nitrogens with one attached hydrogen (secondary N) is 2. The molecule has 0 fully saturated rings. The highest BCUT2D eigenvalue weighted by Crippen LogP contribution is 2.24. The van der Waals surface area contributed by atoms with Crippen LogP contribution in [0.5, 0.6) is 0 Å². The van der Waals surface area contributed by atoms with Crippen LogP contribution in [0.25, 0.3) is 0 Å². The van der Waals surface area contributed by atoms with Gasteiger partial charge in [0.1, 0.15) is 0 Å². The van der Waals surface area contributed by atoms with E-state index < -0.39 is 16.8 Å². The summed E-state index contributed by atoms with van der Waals surface area (Å²) < 4.78 is 4.56. The van der Waals surface area contributed by atoms with Crippen LogP contribution in [0.1, 0.15) is 12.6 Å². The van der Waals surface area contributed by atoms with Crippen LogP contribution in [0.15, 0.2) is 40.3 Å². The molecule has 1 amide bonds. The molecule has 9 heteroatoms. The molecule has 0 saturated heterocycles. The maximum Gasteiger partial charge on any atom is 0.311 e. The summed E-state index contributed by atoms with van der Waals surface area (Å²) in [5.74, 6) is -0.794. The van der Waals surface area contributed by atoms with Crippen molar-refractivity contribution in [3.63, 3.8) is 0 Å². The Morgan fingerprint density at radius 1 is 1.40 bits per heavy atom. The first-order valence-corrected chi connectivity index (χ1v) is 8.54. The normalized spacial score (nSPS) is 11.6. The van der Waals surface area contributed by atoms with Gasteiger partial charge in [0, 0.05) is 6.07 Å². The van der Waals surface area contributed by atoms with Crippen molar-refractivity contribution in [2.75, 3.05) is 12.4 Å². The smallest absolute Gasteiger partial charge is 0.311 e. The first kappa shape index (κ1) is 19.0. The highest BCUT2D eigenvalue weighted by Gasteiger charge is 2.18. The van der Waals surface area contributed by atoms with E-state index >= 15 is 0 Å². The number of thioether (sulfide) groups is 1. The fraction of sp³-hybridized carbons (Fsp3) is 0.250. The minimum atomic E-state index is -0.548. The minimum Gasteiger partial charge on any atom is -0.469 e. The monoisotopic (exact) mass is 381 g/mol. The third-order valence-electron chi connectivity index (χ3n) is 3.12. The van der Waals surface area contributed by atoms with Gasteiger partial charge in [-0.3, -0.25) is 14.4 Å². The Morgan fingerprint density at radius 3 is 2.80 bits per heavy atom. The summed E-state index contributed by atoms with van der Waals surface area (Å²) in [6.45, 7) is 1.67. The van der Waals surface area contributed by atoms with E-state index in [1.54, 1.807) is 31.2 Å². The maximum absolute atomic E-state index is 12.3. The van der Waals surface area contributed by atoms with Crippen LogP contribution < -0.4 is 10.9 Å². The van der Waals surface area contributed by atoms with E-state index in [9.17, 15) is 14.4 Å². The van der Waals surface area contributed by atoms with Crippen molar-refractivity contribution < 1.29 is 14.3 Å². The number of esters is 1. The molecule has 0 saturated carbocycles. The number of rotatable bonds is 6. The van der Waals surface area contributed by atoms with Gasteiger partial charge in [-0.05, 0) is 19.1 Å². The van der Waals surface area contributed by atoms with Crippen molar-refractivity contribution in [1.82, 2.24) is 9.97 Å². The van der Waals surface area contributed by atoms with Crippen LogP contribution in [0.2, 0.25) is 5.02 Å². The summed E-state index contributed by atoms with van der Waals surface area (Å²) in [5, 5.41) is 2.84. The molecule has 25 heavy (non-hydrogen) atoms. The zero-order valence-electron chi connectivity index (χ0n) is 13.5. The number of benzene rings is 1. The van der Waals surface area contributed by atoms with E-state index in [1.807, 2.05) is 0 Å². The number of nitrogens with zero attached hydrogens (tertiary/aromatic N) is 1. The van der Waals surface area contributed by atoms with Crippen LogP contribution in [-0.2, 0) is 20.7 Å². The zero-order valence-corrected chi connectivity index (χ0v) is 15.1. The Bertz CT molecular complexity index is 840. The Hall–Kier alpha value is -2.32. The fourth-order valence-electron chi connectivity index (χ4n) is 1.87. The van der Waals surface area contributed by atoms with Gasteiger partial charge in [0.05, 0.1) is 35.2 Å². The van der Waals surface area contributed by atoms with Crippen LogP contribution >= 0.6 is 23.4 Å². The average molecular weight is 382 g/mol. The number of methoxy groups -OCH3 is 1. The van der Waals surface area contributed by atoms with Crippen LogP contribution in [0.4, 0.5) is 5.69 Å². The van der Waals surface area contributed by atoms with Crippen molar-refractivity contribution in [2.45, 2.75) is 23.8 Å². The number of hydrogen-bond acceptors (Lipinski definition) is 6. The second-order valence-corrected chi connectivity index (χ2v) is 6.76. The predicted octanol–water partition coefficient (Wildman–Crippen LogP) is 2.26. The molecule has 132 valence electrons. The van der Waals surface area contributed by atoms with Gasteiger partial charge in [-0.25, -0.2) is 4.98 Å². The number of para-hydroxylation sites is 1. The van der Waals surface area contributed by atoms with Gasteiger partial charge in [-0.2, -0.15) is 0 Å². The van der Waals surface area contributed by atoms with Crippen molar-refractivity contribution in [1.29, 1.82) is 0 Å². The second kappa shape index (κ2) is 8.68. The lowest BCUT2D eigenvalue weighted by Gasteiger charge is -2.12. The van der Waals surface area contributed by atoms with Gasteiger partial charge in [0.2, 0.25) is 5.91 Å². The standard InChI is InChI=1S/C16H16ClN3O4S/c1-9(15(23)19-12-6-4-3-5-11(12)17)25-16-18-10(7-13(21)20-16)8-14(22)24-2/h3-7,9H,8H2,1-2H3,(H,19,23)(H,18,20,21)/t9-/m0/s1. The largest absolute Gasteiger partial charge is 0.469 e. The van der Waals surface area contributed by atoms with Gasteiger partial charge in [0.15, 0.2) is 5.16 Å². The molecule has 0 aliphatic rings. The molecular formula is C16H16ClN3O4S. The number of amides is 1. The number of carbonyl (C=O) groups excluding carboxylic acids is 2. The lowest BCUT2D eigenvalue weighted by atomic mass is 10.3. The Morgan fingerprint density at radius 2 is 2.12 bits per heavy atom. The molecule has 1 atom stereocenters. The van der Waals surface area contributed by atoms with Gasteiger partial charge < -0.3 is 15.0 Å². The molecule has 1 heterocycles. The lowest BCUT2D eigenvalue weighted by molar-refractivity contribution is -0.139. The number of anilines is 1. The van der Waals surface area contributed by atoms with Crippen molar-refractivity contribution in [2.24, 2.45) is 0 Å². The van der Waals surface area contributed by atoms with Crippen LogP contribution in [-0.4, -0.2) is 34.2 Å². The van der Waals surface area contributed by atoms with E-state index in [0.29, 0.717) is 10.7 Å². The topological polar surface area (TPSA) is 101 Å². The third kappa shape index (κ3) is 5.61. The van der Waals surface area contributed by atoms with Gasteiger partial charge in [0.25, 0.3) is 5.56 Å². The number of aromatic amines is 1. The van der Waals surface area contributed by atoms with Crippen molar-refractivity contribution >= 4 is 40.9 Å². The molecule has 0 unspecified atom stereocenters. The van der Waals surface area contributed by atoms with Crippen molar-refractivity contribution in [3.8, 4) is 0 Å². The Kier molecular flexibility index (Phi) is 6.60.